The summed E-state index contributed by atoms with van der Waals surface area (Å²) in [5.41, 5.74) is 0.581. The van der Waals surface area contributed by atoms with Crippen molar-refractivity contribution in [1.29, 1.82) is 0 Å². The molecular weight excluding hydrogens is 246 g/mol. The Morgan fingerprint density at radius 2 is 2.16 bits per heavy atom. The number of ether oxygens (including phenoxy) is 1. The zero-order chi connectivity index (χ0) is 13.8. The molecule has 6 heteroatoms. The number of aromatic hydroxyl groups is 1. The van der Waals surface area contributed by atoms with Crippen molar-refractivity contribution in [3.8, 4) is 17.2 Å². The Labute approximate surface area is 111 Å². The van der Waals surface area contributed by atoms with Gasteiger partial charge < -0.3 is 14.4 Å². The molecule has 0 saturated carbocycles. The Morgan fingerprint density at radius 3 is 2.79 bits per heavy atom. The molecule has 102 valence electrons. The van der Waals surface area contributed by atoms with Crippen LogP contribution in [0.15, 0.2) is 23.0 Å². The second-order valence-electron chi connectivity index (χ2n) is 4.51. The zero-order valence-corrected chi connectivity index (χ0v) is 11.2. The molecule has 1 unspecified atom stereocenters. The van der Waals surface area contributed by atoms with Crippen LogP contribution in [-0.2, 0) is 4.74 Å². The molecule has 0 bridgehead atoms. The van der Waals surface area contributed by atoms with E-state index in [9.17, 15) is 5.11 Å². The summed E-state index contributed by atoms with van der Waals surface area (Å²) in [5, 5.41) is 13.3. The van der Waals surface area contributed by atoms with Crippen molar-refractivity contribution in [2.75, 3.05) is 6.61 Å². The molecule has 0 radical (unpaired) electrons. The van der Waals surface area contributed by atoms with Crippen molar-refractivity contribution in [3.63, 3.8) is 0 Å². The first-order valence-corrected chi connectivity index (χ1v) is 6.21. The average Bonchev–Trinajstić information content (AvgIpc) is 2.84. The quantitative estimate of drug-likeness (QED) is 0.892. The maximum atomic E-state index is 9.39. The summed E-state index contributed by atoms with van der Waals surface area (Å²) in [6, 6.07) is 1.52. The molecule has 0 saturated heterocycles. The first-order valence-electron chi connectivity index (χ1n) is 6.21. The van der Waals surface area contributed by atoms with Gasteiger partial charge in [-0.1, -0.05) is 19.0 Å². The van der Waals surface area contributed by atoms with E-state index in [0.29, 0.717) is 23.9 Å². The number of hydrogen-bond acceptors (Lipinski definition) is 6. The maximum Gasteiger partial charge on any atom is 0.259 e. The molecule has 0 aromatic carbocycles. The van der Waals surface area contributed by atoms with Gasteiger partial charge in [-0.3, -0.25) is 4.98 Å². The Morgan fingerprint density at radius 1 is 1.37 bits per heavy atom. The smallest absolute Gasteiger partial charge is 0.259 e. The molecule has 2 aromatic heterocycles. The molecule has 19 heavy (non-hydrogen) atoms. The van der Waals surface area contributed by atoms with E-state index in [1.54, 1.807) is 6.20 Å². The lowest BCUT2D eigenvalue weighted by Crippen LogP contribution is -2.12. The largest absolute Gasteiger partial charge is 0.506 e. The third-order valence-electron chi connectivity index (χ3n) is 2.62. The predicted octanol–water partition coefficient (Wildman–Crippen LogP) is 2.57. The summed E-state index contributed by atoms with van der Waals surface area (Å²) in [6.07, 6.45) is 2.70. The van der Waals surface area contributed by atoms with E-state index in [-0.39, 0.29) is 17.8 Å². The molecule has 2 rings (SSSR count). The Bertz CT molecular complexity index is 539. The van der Waals surface area contributed by atoms with Crippen molar-refractivity contribution < 1.29 is 14.4 Å². The lowest BCUT2D eigenvalue weighted by atomic mass is 10.1. The molecule has 0 aliphatic rings. The van der Waals surface area contributed by atoms with E-state index in [0.717, 1.165) is 0 Å². The highest BCUT2D eigenvalue weighted by molar-refractivity contribution is 5.53. The maximum absolute atomic E-state index is 9.39. The topological polar surface area (TPSA) is 81.3 Å². The fourth-order valence-electron chi connectivity index (χ4n) is 1.76. The average molecular weight is 263 g/mol. The van der Waals surface area contributed by atoms with Crippen molar-refractivity contribution in [2.24, 2.45) is 5.92 Å². The van der Waals surface area contributed by atoms with Crippen LogP contribution in [0, 0.1) is 5.92 Å². The molecule has 0 amide bonds. The monoisotopic (exact) mass is 263 g/mol. The molecular formula is C13H17N3O3. The Hall–Kier alpha value is -1.95. The second-order valence-corrected chi connectivity index (χ2v) is 4.51. The Kier molecular flexibility index (Phi) is 4.11. The van der Waals surface area contributed by atoms with Gasteiger partial charge in [0.2, 0.25) is 5.82 Å². The van der Waals surface area contributed by atoms with Crippen LogP contribution < -0.4 is 0 Å². The van der Waals surface area contributed by atoms with E-state index in [1.165, 1.54) is 12.3 Å². The molecule has 2 heterocycles. The third-order valence-corrected chi connectivity index (χ3v) is 2.62. The van der Waals surface area contributed by atoms with Gasteiger partial charge in [0.05, 0.1) is 11.8 Å². The highest BCUT2D eigenvalue weighted by Gasteiger charge is 2.22. The molecule has 6 nitrogen and oxygen atoms in total. The summed E-state index contributed by atoms with van der Waals surface area (Å²) in [5.74, 6) is 1.13. The Balaban J connectivity index is 2.27. The minimum absolute atomic E-state index is 0.0578. The lowest BCUT2D eigenvalue weighted by Gasteiger charge is -2.16. The van der Waals surface area contributed by atoms with E-state index in [4.69, 9.17) is 9.26 Å². The molecule has 2 aromatic rings. The van der Waals surface area contributed by atoms with Crippen LogP contribution in [-0.4, -0.2) is 26.8 Å². The number of rotatable bonds is 5. The van der Waals surface area contributed by atoms with Crippen LogP contribution in [0.3, 0.4) is 0 Å². The van der Waals surface area contributed by atoms with Gasteiger partial charge in [0.15, 0.2) is 0 Å². The highest BCUT2D eigenvalue weighted by Crippen LogP contribution is 2.26. The second kappa shape index (κ2) is 5.79. The fourth-order valence-corrected chi connectivity index (χ4v) is 1.76. The van der Waals surface area contributed by atoms with Crippen molar-refractivity contribution in [1.82, 2.24) is 15.1 Å². The number of pyridine rings is 1. The zero-order valence-electron chi connectivity index (χ0n) is 11.2. The van der Waals surface area contributed by atoms with E-state index in [2.05, 4.69) is 15.1 Å². The summed E-state index contributed by atoms with van der Waals surface area (Å²) in [7, 11) is 0. The van der Waals surface area contributed by atoms with E-state index in [1.807, 2.05) is 20.8 Å². The van der Waals surface area contributed by atoms with Crippen LogP contribution in [0.25, 0.3) is 11.5 Å². The number of aromatic nitrogens is 3. The molecule has 0 spiro atoms. The summed E-state index contributed by atoms with van der Waals surface area (Å²) < 4.78 is 10.8. The molecule has 1 atom stereocenters. The van der Waals surface area contributed by atoms with Gasteiger partial charge in [0, 0.05) is 12.8 Å². The van der Waals surface area contributed by atoms with Crippen molar-refractivity contribution in [2.45, 2.75) is 26.9 Å². The van der Waals surface area contributed by atoms with Gasteiger partial charge in [0.25, 0.3) is 5.89 Å². The normalized spacial score (nSPS) is 12.8. The van der Waals surface area contributed by atoms with Crippen LogP contribution in [0.4, 0.5) is 0 Å². The summed E-state index contributed by atoms with van der Waals surface area (Å²) in [4.78, 5) is 8.19. The van der Waals surface area contributed by atoms with Gasteiger partial charge in [-0.15, -0.1) is 0 Å². The van der Waals surface area contributed by atoms with Gasteiger partial charge in [-0.05, 0) is 18.9 Å². The van der Waals surface area contributed by atoms with Crippen LogP contribution >= 0.6 is 0 Å². The van der Waals surface area contributed by atoms with Crippen LogP contribution in [0.5, 0.6) is 5.75 Å². The van der Waals surface area contributed by atoms with Crippen molar-refractivity contribution in [3.05, 3.63) is 24.3 Å². The first kappa shape index (κ1) is 13.5. The summed E-state index contributed by atoms with van der Waals surface area (Å²) >= 11 is 0. The predicted molar refractivity (Wildman–Crippen MR) is 68.4 cm³/mol. The van der Waals surface area contributed by atoms with Crippen LogP contribution in [0.1, 0.15) is 32.7 Å². The lowest BCUT2D eigenvalue weighted by molar-refractivity contribution is 0.0217. The fraction of sp³-hybridized carbons (Fsp3) is 0.462. The van der Waals surface area contributed by atoms with E-state index < -0.39 is 0 Å². The number of hydrogen-bond donors (Lipinski definition) is 1. The van der Waals surface area contributed by atoms with Gasteiger partial charge in [-0.2, -0.15) is 4.98 Å². The van der Waals surface area contributed by atoms with Gasteiger partial charge in [-0.25, -0.2) is 0 Å². The van der Waals surface area contributed by atoms with Crippen molar-refractivity contribution >= 4 is 0 Å². The molecule has 0 aliphatic heterocycles. The van der Waals surface area contributed by atoms with Gasteiger partial charge >= 0.3 is 0 Å². The van der Waals surface area contributed by atoms with Gasteiger partial charge in [0.1, 0.15) is 11.9 Å². The highest BCUT2D eigenvalue weighted by atomic mass is 16.5. The first-order chi connectivity index (χ1) is 9.11. The third kappa shape index (κ3) is 3.08. The molecule has 0 aliphatic carbocycles. The minimum Gasteiger partial charge on any atom is -0.506 e. The molecule has 1 N–H and O–H groups in total. The minimum atomic E-state index is -0.201. The standard InChI is InChI=1S/C13H17N3O3/c1-4-18-11(8(2)3)12-15-13(19-16-12)9-5-10(17)7-14-6-9/h5-8,11,17H,4H2,1-3H3. The van der Waals surface area contributed by atoms with Crippen LogP contribution in [0.2, 0.25) is 0 Å². The molecule has 0 fully saturated rings. The SMILES string of the molecule is CCOC(c1noc(-c2cncc(O)c2)n1)C(C)C. The summed E-state index contributed by atoms with van der Waals surface area (Å²) in [6.45, 7) is 6.58. The van der Waals surface area contributed by atoms with E-state index >= 15 is 0 Å². The number of nitrogens with zero attached hydrogens (tertiary/aromatic N) is 3.